The third kappa shape index (κ3) is 3.88. The Morgan fingerprint density at radius 2 is 1.96 bits per heavy atom. The molecule has 126 valence electrons. The highest BCUT2D eigenvalue weighted by atomic mass is 16.5. The molecule has 0 aliphatic carbocycles. The second kappa shape index (κ2) is 7.38. The number of pyridine rings is 1. The molecule has 2 atom stereocenters. The minimum absolute atomic E-state index is 0.0216. The van der Waals surface area contributed by atoms with Gasteiger partial charge in [-0.15, -0.1) is 0 Å². The number of carbonyl (C=O) groups is 1. The molecule has 1 aromatic heterocycles. The number of hydrogen-bond donors (Lipinski definition) is 0. The lowest BCUT2D eigenvalue weighted by Gasteiger charge is -2.36. The number of hydrogen-bond acceptors (Lipinski definition) is 5. The fourth-order valence-electron chi connectivity index (χ4n) is 3.50. The van der Waals surface area contributed by atoms with Gasteiger partial charge in [-0.2, -0.15) is 0 Å². The zero-order valence-electron chi connectivity index (χ0n) is 14.0. The van der Waals surface area contributed by atoms with E-state index in [4.69, 9.17) is 4.74 Å². The fraction of sp³-hybridized carbons (Fsp3) is 0.647. The molecule has 2 saturated heterocycles. The van der Waals surface area contributed by atoms with E-state index in [1.807, 2.05) is 24.3 Å². The van der Waals surface area contributed by atoms with Crippen LogP contribution >= 0.6 is 0 Å². The van der Waals surface area contributed by atoms with Crippen LogP contribution < -0.4 is 0 Å². The monoisotopic (exact) mass is 318 g/mol. The van der Waals surface area contributed by atoms with Gasteiger partial charge in [0.2, 0.25) is 5.91 Å². The maximum Gasteiger partial charge on any atom is 0.240 e. The van der Waals surface area contributed by atoms with Crippen molar-refractivity contribution in [1.29, 1.82) is 0 Å². The normalized spacial score (nSPS) is 26.6. The molecule has 3 rings (SSSR count). The van der Waals surface area contributed by atoms with E-state index in [9.17, 15) is 4.79 Å². The molecule has 3 heterocycles. The van der Waals surface area contributed by atoms with Crippen molar-refractivity contribution < 1.29 is 9.53 Å². The highest BCUT2D eigenvalue weighted by Gasteiger charge is 2.37. The first-order valence-corrected chi connectivity index (χ1v) is 8.30. The van der Waals surface area contributed by atoms with Gasteiger partial charge >= 0.3 is 0 Å². The van der Waals surface area contributed by atoms with Crippen LogP contribution in [0.3, 0.4) is 0 Å². The third-order valence-corrected chi connectivity index (χ3v) is 4.97. The number of likely N-dealkylation sites (N-methyl/N-ethyl adjacent to an activating group) is 1. The van der Waals surface area contributed by atoms with Crippen molar-refractivity contribution in [2.24, 2.45) is 0 Å². The molecule has 0 saturated carbocycles. The summed E-state index contributed by atoms with van der Waals surface area (Å²) in [5.41, 5.74) is 1.28. The molecule has 6 nitrogen and oxygen atoms in total. The van der Waals surface area contributed by atoms with Gasteiger partial charge in [0.25, 0.3) is 0 Å². The summed E-state index contributed by atoms with van der Waals surface area (Å²) in [6.45, 7) is 5.25. The zero-order valence-corrected chi connectivity index (χ0v) is 14.0. The van der Waals surface area contributed by atoms with Crippen molar-refractivity contribution in [3.8, 4) is 0 Å². The molecule has 2 aliphatic rings. The molecule has 0 unspecified atom stereocenters. The molecule has 2 aliphatic heterocycles. The quantitative estimate of drug-likeness (QED) is 0.806. The lowest BCUT2D eigenvalue weighted by Crippen LogP contribution is -2.52. The van der Waals surface area contributed by atoms with Crippen molar-refractivity contribution >= 4 is 5.91 Å². The Kier molecular flexibility index (Phi) is 5.25. The highest BCUT2D eigenvalue weighted by Crippen LogP contribution is 2.21. The van der Waals surface area contributed by atoms with E-state index >= 15 is 0 Å². The Labute approximate surface area is 138 Å². The van der Waals surface area contributed by atoms with Gasteiger partial charge in [0, 0.05) is 58.8 Å². The summed E-state index contributed by atoms with van der Waals surface area (Å²) in [5, 5.41) is 0. The van der Waals surface area contributed by atoms with Gasteiger partial charge in [-0.3, -0.25) is 19.6 Å². The largest absolute Gasteiger partial charge is 0.380 e. The summed E-state index contributed by atoms with van der Waals surface area (Å²) < 4.78 is 5.41. The summed E-state index contributed by atoms with van der Waals surface area (Å²) in [6, 6.07) is 4.08. The Hall–Kier alpha value is -1.50. The zero-order chi connectivity index (χ0) is 16.2. The summed E-state index contributed by atoms with van der Waals surface area (Å²) in [6.07, 6.45) is 4.65. The molecule has 23 heavy (non-hydrogen) atoms. The van der Waals surface area contributed by atoms with Gasteiger partial charge in [-0.25, -0.2) is 0 Å². The van der Waals surface area contributed by atoms with Crippen molar-refractivity contribution in [3.05, 3.63) is 30.1 Å². The Morgan fingerprint density at radius 3 is 2.57 bits per heavy atom. The molecule has 0 aromatic carbocycles. The van der Waals surface area contributed by atoms with Gasteiger partial charge in [0.05, 0.1) is 12.1 Å². The van der Waals surface area contributed by atoms with Gasteiger partial charge < -0.3 is 9.64 Å². The van der Waals surface area contributed by atoms with Crippen LogP contribution in [0.25, 0.3) is 0 Å². The number of piperazine rings is 1. The SMILES string of the molecule is CO[C@H]1C[C@@H](C(=O)N2CCN(Cc3ccncc3)CC2)N(C)C1. The van der Waals surface area contributed by atoms with Gasteiger partial charge in [0.15, 0.2) is 0 Å². The van der Waals surface area contributed by atoms with Gasteiger partial charge in [-0.1, -0.05) is 0 Å². The Balaban J connectivity index is 1.50. The summed E-state index contributed by atoms with van der Waals surface area (Å²) in [7, 11) is 3.74. The summed E-state index contributed by atoms with van der Waals surface area (Å²) in [4.78, 5) is 23.3. The van der Waals surface area contributed by atoms with Crippen molar-refractivity contribution in [2.45, 2.75) is 25.1 Å². The minimum atomic E-state index is -0.0216. The van der Waals surface area contributed by atoms with Gasteiger partial charge in [-0.05, 0) is 31.2 Å². The predicted octanol–water partition coefficient (Wildman–Crippen LogP) is 0.445. The van der Waals surface area contributed by atoms with Crippen LogP contribution in [-0.4, -0.2) is 84.6 Å². The molecule has 0 N–H and O–H groups in total. The summed E-state index contributed by atoms with van der Waals surface area (Å²) >= 11 is 0. The van der Waals surface area contributed by atoms with Crippen LogP contribution in [0.15, 0.2) is 24.5 Å². The lowest BCUT2D eigenvalue weighted by molar-refractivity contribution is -0.137. The first-order valence-electron chi connectivity index (χ1n) is 8.30. The standard InChI is InChI=1S/C17H26N4O2/c1-19-13-15(23-2)11-16(19)17(22)21-9-7-20(8-10-21)12-14-3-5-18-6-4-14/h3-6,15-16H,7-13H2,1-2H3/t15-,16-/m0/s1. The topological polar surface area (TPSA) is 48.9 Å². The minimum Gasteiger partial charge on any atom is -0.380 e. The van der Waals surface area contributed by atoms with Crippen LogP contribution in [0, 0.1) is 0 Å². The molecule has 0 spiro atoms. The van der Waals surface area contributed by atoms with E-state index in [1.54, 1.807) is 7.11 Å². The molecule has 0 radical (unpaired) electrons. The lowest BCUT2D eigenvalue weighted by atomic mass is 10.1. The molecule has 1 amide bonds. The van der Waals surface area contributed by atoms with Crippen molar-refractivity contribution in [1.82, 2.24) is 19.7 Å². The first-order chi connectivity index (χ1) is 11.2. The average molecular weight is 318 g/mol. The number of carbonyl (C=O) groups excluding carboxylic acids is 1. The molecule has 2 fully saturated rings. The number of nitrogens with zero attached hydrogens (tertiary/aromatic N) is 4. The highest BCUT2D eigenvalue weighted by molar-refractivity contribution is 5.82. The fourth-order valence-corrected chi connectivity index (χ4v) is 3.50. The van der Waals surface area contributed by atoms with Crippen molar-refractivity contribution in [2.75, 3.05) is 46.9 Å². The van der Waals surface area contributed by atoms with Crippen LogP contribution in [0.5, 0.6) is 0 Å². The number of methoxy groups -OCH3 is 1. The average Bonchev–Trinajstić information content (AvgIpc) is 2.97. The second-order valence-electron chi connectivity index (χ2n) is 6.51. The van der Waals surface area contributed by atoms with E-state index in [-0.39, 0.29) is 18.1 Å². The van der Waals surface area contributed by atoms with E-state index in [0.717, 1.165) is 45.7 Å². The van der Waals surface area contributed by atoms with Gasteiger partial charge in [0.1, 0.15) is 0 Å². The van der Waals surface area contributed by atoms with Crippen LogP contribution in [0.1, 0.15) is 12.0 Å². The van der Waals surface area contributed by atoms with Crippen molar-refractivity contribution in [3.63, 3.8) is 0 Å². The van der Waals surface area contributed by atoms with Crippen LogP contribution in [0.2, 0.25) is 0 Å². The maximum atomic E-state index is 12.7. The maximum absolute atomic E-state index is 12.7. The Morgan fingerprint density at radius 1 is 1.26 bits per heavy atom. The molecule has 1 aromatic rings. The van der Waals surface area contributed by atoms with E-state index < -0.39 is 0 Å². The van der Waals surface area contributed by atoms with E-state index in [0.29, 0.717) is 0 Å². The molecule has 0 bridgehead atoms. The predicted molar refractivity (Wildman–Crippen MR) is 87.9 cm³/mol. The molecule has 6 heteroatoms. The number of amides is 1. The molecular formula is C17H26N4O2. The number of rotatable bonds is 4. The summed E-state index contributed by atoms with van der Waals surface area (Å²) in [5.74, 6) is 0.260. The third-order valence-electron chi connectivity index (χ3n) is 4.97. The number of ether oxygens (including phenoxy) is 1. The van der Waals surface area contributed by atoms with Crippen LogP contribution in [-0.2, 0) is 16.1 Å². The van der Waals surface area contributed by atoms with Crippen LogP contribution in [0.4, 0.5) is 0 Å². The Bertz CT molecular complexity index is 517. The van der Waals surface area contributed by atoms with E-state index in [2.05, 4.69) is 26.9 Å². The second-order valence-corrected chi connectivity index (χ2v) is 6.51. The van der Waals surface area contributed by atoms with E-state index in [1.165, 1.54) is 5.56 Å². The first kappa shape index (κ1) is 16.4. The smallest absolute Gasteiger partial charge is 0.240 e. The number of aromatic nitrogens is 1. The number of likely N-dealkylation sites (tertiary alicyclic amines) is 1. The molecular weight excluding hydrogens is 292 g/mol.